The van der Waals surface area contributed by atoms with Gasteiger partial charge in [-0.05, 0) is 6.42 Å². The summed E-state index contributed by atoms with van der Waals surface area (Å²) in [6.07, 6.45) is 18.0. The summed E-state index contributed by atoms with van der Waals surface area (Å²) in [6, 6.07) is 0. The van der Waals surface area contributed by atoms with Crippen molar-refractivity contribution in [2.45, 2.75) is 109 Å². The molecule has 20 heavy (non-hydrogen) atoms. The summed E-state index contributed by atoms with van der Waals surface area (Å²) in [7, 11) is 0. The zero-order valence-electron chi connectivity index (χ0n) is 14.1. The number of carbonyl (C=O) groups excluding carboxylic acids is 1. The molecule has 0 aliphatic heterocycles. The molecule has 0 bridgehead atoms. The maximum atomic E-state index is 10.9. The molecule has 120 valence electrons. The van der Waals surface area contributed by atoms with Crippen LogP contribution in [0.5, 0.6) is 0 Å². The number of rotatable bonds is 14. The van der Waals surface area contributed by atoms with E-state index in [2.05, 4.69) is 13.8 Å². The zero-order valence-corrected chi connectivity index (χ0v) is 14.9. The lowest BCUT2D eigenvalue weighted by atomic mass is 10.0. The van der Waals surface area contributed by atoms with E-state index in [1.54, 1.807) is 6.92 Å². The van der Waals surface area contributed by atoms with Gasteiger partial charge in [0.2, 0.25) is 0 Å². The van der Waals surface area contributed by atoms with Crippen molar-refractivity contribution in [2.24, 2.45) is 0 Å². The molecule has 0 aromatic heterocycles. The normalized spacial score (nSPS) is 12.6. The van der Waals surface area contributed by atoms with Gasteiger partial charge >= 0.3 is 0 Å². The number of thioether (sulfide) groups is 1. The Morgan fingerprint density at radius 1 is 0.800 bits per heavy atom. The summed E-state index contributed by atoms with van der Waals surface area (Å²) in [5.74, 6) is 0. The van der Waals surface area contributed by atoms with E-state index in [9.17, 15) is 4.79 Å². The van der Waals surface area contributed by atoms with Crippen molar-refractivity contribution in [3.05, 3.63) is 0 Å². The fourth-order valence-corrected chi connectivity index (χ4v) is 3.47. The Labute approximate surface area is 131 Å². The molecule has 1 atom stereocenters. The third kappa shape index (κ3) is 16.1. The molecule has 0 spiro atoms. The Bertz CT molecular complexity index is 215. The molecule has 0 saturated heterocycles. The van der Waals surface area contributed by atoms with E-state index in [4.69, 9.17) is 0 Å². The Kier molecular flexibility index (Phi) is 15.4. The first-order valence-corrected chi connectivity index (χ1v) is 9.72. The average molecular weight is 301 g/mol. The van der Waals surface area contributed by atoms with E-state index >= 15 is 0 Å². The fourth-order valence-electron chi connectivity index (χ4n) is 2.62. The van der Waals surface area contributed by atoms with Gasteiger partial charge in [-0.3, -0.25) is 4.79 Å². The lowest BCUT2D eigenvalue weighted by Crippen LogP contribution is -1.99. The van der Waals surface area contributed by atoms with Gasteiger partial charge in [0.15, 0.2) is 5.12 Å². The molecular formula is C18H36OS. The minimum absolute atomic E-state index is 0.261. The summed E-state index contributed by atoms with van der Waals surface area (Å²) in [4.78, 5) is 10.9. The van der Waals surface area contributed by atoms with E-state index in [1.807, 2.05) is 0 Å². The third-order valence-corrected chi connectivity index (χ3v) is 4.80. The molecule has 0 rings (SSSR count). The second-order valence-electron chi connectivity index (χ2n) is 6.10. The summed E-state index contributed by atoms with van der Waals surface area (Å²) in [5, 5.41) is 0.770. The van der Waals surface area contributed by atoms with Crippen molar-refractivity contribution in [1.29, 1.82) is 0 Å². The molecule has 0 N–H and O–H groups in total. The number of unbranched alkanes of at least 4 members (excludes halogenated alkanes) is 11. The smallest absolute Gasteiger partial charge is 0.186 e. The van der Waals surface area contributed by atoms with Crippen LogP contribution in [0, 0.1) is 0 Å². The molecule has 0 aliphatic rings. The second-order valence-corrected chi connectivity index (χ2v) is 7.71. The van der Waals surface area contributed by atoms with Crippen molar-refractivity contribution in [2.75, 3.05) is 0 Å². The molecular weight excluding hydrogens is 264 g/mol. The Hall–Kier alpha value is 0.0200. The highest BCUT2D eigenvalue weighted by molar-refractivity contribution is 8.14. The summed E-state index contributed by atoms with van der Waals surface area (Å²) < 4.78 is 0. The van der Waals surface area contributed by atoms with E-state index in [-0.39, 0.29) is 5.12 Å². The predicted molar refractivity (Wildman–Crippen MR) is 93.4 cm³/mol. The molecule has 0 fully saturated rings. The monoisotopic (exact) mass is 300 g/mol. The topological polar surface area (TPSA) is 17.1 Å². The standard InChI is InChI=1S/C18H36OS/c1-4-5-6-7-8-9-10-11-12-13-14-15-16-17(2)20-18(3)19/h17H,4-16H2,1-3H3. The van der Waals surface area contributed by atoms with Crippen molar-refractivity contribution >= 4 is 16.9 Å². The molecule has 0 radical (unpaired) electrons. The molecule has 0 aliphatic carbocycles. The number of carbonyl (C=O) groups is 1. The lowest BCUT2D eigenvalue weighted by Gasteiger charge is -2.08. The predicted octanol–water partition coefficient (Wildman–Crippen LogP) is 6.75. The maximum Gasteiger partial charge on any atom is 0.186 e. The van der Waals surface area contributed by atoms with Crippen LogP contribution in [0.2, 0.25) is 0 Å². The van der Waals surface area contributed by atoms with Gasteiger partial charge in [-0.25, -0.2) is 0 Å². The molecule has 2 heteroatoms. The minimum atomic E-state index is 0.261. The molecule has 0 aromatic rings. The highest BCUT2D eigenvalue weighted by Crippen LogP contribution is 2.18. The molecule has 1 nitrogen and oxygen atoms in total. The van der Waals surface area contributed by atoms with Gasteiger partial charge in [0, 0.05) is 12.2 Å². The van der Waals surface area contributed by atoms with Crippen LogP contribution in [0.3, 0.4) is 0 Å². The SMILES string of the molecule is CCCCCCCCCCCCCCC(C)SC(C)=O. The van der Waals surface area contributed by atoms with Crippen LogP contribution in [-0.2, 0) is 4.79 Å². The zero-order chi connectivity index (χ0) is 15.1. The highest BCUT2D eigenvalue weighted by Gasteiger charge is 2.05. The summed E-state index contributed by atoms with van der Waals surface area (Å²) in [5.41, 5.74) is 0. The van der Waals surface area contributed by atoms with Gasteiger partial charge < -0.3 is 0 Å². The van der Waals surface area contributed by atoms with Crippen LogP contribution in [-0.4, -0.2) is 10.4 Å². The molecule has 0 amide bonds. The summed E-state index contributed by atoms with van der Waals surface area (Å²) in [6.45, 7) is 6.12. The van der Waals surface area contributed by atoms with Gasteiger partial charge in [-0.1, -0.05) is 103 Å². The second kappa shape index (κ2) is 15.4. The third-order valence-electron chi connectivity index (χ3n) is 3.83. The van der Waals surface area contributed by atoms with Gasteiger partial charge in [-0.2, -0.15) is 0 Å². The van der Waals surface area contributed by atoms with Crippen molar-refractivity contribution in [3.63, 3.8) is 0 Å². The van der Waals surface area contributed by atoms with Crippen molar-refractivity contribution in [3.8, 4) is 0 Å². The van der Waals surface area contributed by atoms with E-state index in [1.165, 1.54) is 95.2 Å². The molecule has 0 heterocycles. The largest absolute Gasteiger partial charge is 0.288 e. The minimum Gasteiger partial charge on any atom is -0.288 e. The van der Waals surface area contributed by atoms with E-state index in [0.717, 1.165) is 0 Å². The van der Waals surface area contributed by atoms with Crippen LogP contribution in [0.25, 0.3) is 0 Å². The first kappa shape index (κ1) is 20.0. The molecule has 0 aromatic carbocycles. The lowest BCUT2D eigenvalue weighted by molar-refractivity contribution is -0.109. The van der Waals surface area contributed by atoms with Gasteiger partial charge in [0.05, 0.1) is 0 Å². The van der Waals surface area contributed by atoms with Crippen molar-refractivity contribution < 1.29 is 4.79 Å². The van der Waals surface area contributed by atoms with Crippen molar-refractivity contribution in [1.82, 2.24) is 0 Å². The molecule has 0 saturated carbocycles. The Morgan fingerprint density at radius 2 is 1.20 bits per heavy atom. The van der Waals surface area contributed by atoms with E-state index in [0.29, 0.717) is 5.25 Å². The van der Waals surface area contributed by atoms with Gasteiger partial charge in [-0.15, -0.1) is 0 Å². The summed E-state index contributed by atoms with van der Waals surface area (Å²) >= 11 is 1.50. The van der Waals surface area contributed by atoms with Crippen LogP contribution in [0.1, 0.15) is 104 Å². The van der Waals surface area contributed by atoms with Crippen LogP contribution < -0.4 is 0 Å². The Morgan fingerprint density at radius 3 is 1.60 bits per heavy atom. The van der Waals surface area contributed by atoms with Gasteiger partial charge in [0.1, 0.15) is 0 Å². The van der Waals surface area contributed by atoms with E-state index < -0.39 is 0 Å². The Balaban J connectivity index is 3.08. The van der Waals surface area contributed by atoms with Crippen LogP contribution >= 0.6 is 11.8 Å². The number of hydrogen-bond acceptors (Lipinski definition) is 2. The quantitative estimate of drug-likeness (QED) is 0.330. The fraction of sp³-hybridized carbons (Fsp3) is 0.944. The maximum absolute atomic E-state index is 10.9. The van der Waals surface area contributed by atoms with Crippen LogP contribution in [0.4, 0.5) is 0 Å². The highest BCUT2D eigenvalue weighted by atomic mass is 32.2. The average Bonchev–Trinajstić information content (AvgIpc) is 2.39. The van der Waals surface area contributed by atoms with Crippen LogP contribution in [0.15, 0.2) is 0 Å². The molecule has 1 unspecified atom stereocenters. The van der Waals surface area contributed by atoms with Gasteiger partial charge in [0.25, 0.3) is 0 Å². The first-order valence-electron chi connectivity index (χ1n) is 8.84. The number of hydrogen-bond donors (Lipinski definition) is 0. The first-order chi connectivity index (χ1) is 9.66.